The molecule has 0 heterocycles. The Labute approximate surface area is 111 Å². The Kier molecular flexibility index (Phi) is 5.66. The molecular weight excluding hydrogens is 248 g/mol. The minimum absolute atomic E-state index is 0.0292. The number of nitrogens with one attached hydrogen (secondary N) is 2. The second-order valence-corrected chi connectivity index (χ2v) is 4.11. The molecule has 0 aliphatic carbocycles. The molecule has 0 aliphatic rings. The summed E-state index contributed by atoms with van der Waals surface area (Å²) in [6, 6.07) is 5.20. The average molecular weight is 266 g/mol. The number of carboxylic acid groups (broad SMARTS) is 1. The Bertz CT molecular complexity index is 460. The summed E-state index contributed by atoms with van der Waals surface area (Å²) in [5.41, 5.74) is 2.29. The summed E-state index contributed by atoms with van der Waals surface area (Å²) in [6.07, 6.45) is -0.106. The Morgan fingerprint density at radius 3 is 2.58 bits per heavy atom. The number of carboxylic acids is 1. The largest absolute Gasteiger partial charge is 0.481 e. The predicted molar refractivity (Wildman–Crippen MR) is 70.2 cm³/mol. The van der Waals surface area contributed by atoms with E-state index in [1.54, 1.807) is 0 Å². The van der Waals surface area contributed by atoms with E-state index < -0.39 is 12.0 Å². The number of benzene rings is 1. The molecule has 1 aromatic rings. The first-order valence-electron chi connectivity index (χ1n) is 5.92. The van der Waals surface area contributed by atoms with E-state index in [2.05, 4.69) is 10.6 Å². The van der Waals surface area contributed by atoms with Crippen LogP contribution in [-0.2, 0) is 4.79 Å². The lowest BCUT2D eigenvalue weighted by molar-refractivity contribution is -0.136. The molecule has 6 heteroatoms. The Balaban J connectivity index is 2.24. The Morgan fingerprint density at radius 1 is 1.21 bits per heavy atom. The number of ether oxygens (including phenoxy) is 1. The van der Waals surface area contributed by atoms with Gasteiger partial charge in [-0.3, -0.25) is 4.79 Å². The SMILES string of the molecule is Cc1ccc(OCNC(=O)NCCC(=O)O)cc1C. The van der Waals surface area contributed by atoms with Crippen LogP contribution < -0.4 is 15.4 Å². The van der Waals surface area contributed by atoms with Crippen LogP contribution in [0.2, 0.25) is 0 Å². The first kappa shape index (κ1) is 14.8. The quantitative estimate of drug-likeness (QED) is 0.679. The van der Waals surface area contributed by atoms with Gasteiger partial charge in [-0.2, -0.15) is 0 Å². The molecule has 0 saturated heterocycles. The highest BCUT2D eigenvalue weighted by Gasteiger charge is 2.02. The highest BCUT2D eigenvalue weighted by molar-refractivity contribution is 5.74. The summed E-state index contributed by atoms with van der Waals surface area (Å²) in [4.78, 5) is 21.5. The number of carbonyl (C=O) groups is 2. The molecule has 0 unspecified atom stereocenters. The zero-order valence-electron chi connectivity index (χ0n) is 11.0. The number of aliphatic carboxylic acids is 1. The van der Waals surface area contributed by atoms with Crippen LogP contribution in [0, 0.1) is 13.8 Å². The number of amides is 2. The molecule has 0 bridgehead atoms. The normalized spacial score (nSPS) is 9.79. The van der Waals surface area contributed by atoms with E-state index >= 15 is 0 Å². The maximum Gasteiger partial charge on any atom is 0.317 e. The monoisotopic (exact) mass is 266 g/mol. The van der Waals surface area contributed by atoms with Gasteiger partial charge in [0.25, 0.3) is 0 Å². The highest BCUT2D eigenvalue weighted by atomic mass is 16.5. The van der Waals surface area contributed by atoms with Gasteiger partial charge in [0.15, 0.2) is 6.73 Å². The lowest BCUT2D eigenvalue weighted by Crippen LogP contribution is -2.38. The molecule has 0 aliphatic heterocycles. The van der Waals surface area contributed by atoms with Crippen molar-refractivity contribution < 1.29 is 19.4 Å². The maximum atomic E-state index is 11.2. The fourth-order valence-corrected chi connectivity index (χ4v) is 1.33. The van der Waals surface area contributed by atoms with Gasteiger partial charge in [0.2, 0.25) is 0 Å². The summed E-state index contributed by atoms with van der Waals surface area (Å²) >= 11 is 0. The highest BCUT2D eigenvalue weighted by Crippen LogP contribution is 2.15. The molecule has 0 fully saturated rings. The van der Waals surface area contributed by atoms with Crippen LogP contribution in [0.15, 0.2) is 18.2 Å². The molecular formula is C13H18N2O4. The van der Waals surface area contributed by atoms with Crippen LogP contribution in [0.4, 0.5) is 4.79 Å². The van der Waals surface area contributed by atoms with Gasteiger partial charge in [0, 0.05) is 6.54 Å². The van der Waals surface area contributed by atoms with Crippen LogP contribution in [0.25, 0.3) is 0 Å². The molecule has 0 atom stereocenters. The first-order chi connectivity index (χ1) is 8.99. The number of carbonyl (C=O) groups excluding carboxylic acids is 1. The topological polar surface area (TPSA) is 87.7 Å². The van der Waals surface area contributed by atoms with Crippen LogP contribution in [0.3, 0.4) is 0 Å². The van der Waals surface area contributed by atoms with Crippen molar-refractivity contribution in [1.29, 1.82) is 0 Å². The standard InChI is InChI=1S/C13H18N2O4/c1-9-3-4-11(7-10(9)2)19-8-15-13(18)14-6-5-12(16)17/h3-4,7H,5-6,8H2,1-2H3,(H,16,17)(H2,14,15,18). The zero-order chi connectivity index (χ0) is 14.3. The van der Waals surface area contributed by atoms with Crippen LogP contribution in [0.5, 0.6) is 5.75 Å². The van der Waals surface area contributed by atoms with Crippen molar-refractivity contribution in [2.24, 2.45) is 0 Å². The molecule has 19 heavy (non-hydrogen) atoms. The lowest BCUT2D eigenvalue weighted by Gasteiger charge is -2.10. The second kappa shape index (κ2) is 7.25. The van der Waals surface area contributed by atoms with Crippen LogP contribution in [0.1, 0.15) is 17.5 Å². The van der Waals surface area contributed by atoms with Gasteiger partial charge in [0.1, 0.15) is 5.75 Å². The molecule has 0 aromatic heterocycles. The first-order valence-corrected chi connectivity index (χ1v) is 5.92. The third-order valence-corrected chi connectivity index (χ3v) is 2.57. The van der Waals surface area contributed by atoms with Gasteiger partial charge in [-0.1, -0.05) is 6.07 Å². The third kappa shape index (κ3) is 5.76. The molecule has 0 radical (unpaired) electrons. The maximum absolute atomic E-state index is 11.2. The Morgan fingerprint density at radius 2 is 1.95 bits per heavy atom. The van der Waals surface area contributed by atoms with Crippen molar-refractivity contribution in [1.82, 2.24) is 10.6 Å². The molecule has 104 valence electrons. The Hall–Kier alpha value is -2.24. The van der Waals surface area contributed by atoms with E-state index in [1.165, 1.54) is 5.56 Å². The predicted octanol–water partition coefficient (Wildman–Crippen LogP) is 1.41. The number of aryl methyl sites for hydroxylation is 2. The molecule has 1 rings (SSSR count). The van der Waals surface area contributed by atoms with Crippen molar-refractivity contribution in [3.63, 3.8) is 0 Å². The fourth-order valence-electron chi connectivity index (χ4n) is 1.33. The zero-order valence-corrected chi connectivity index (χ0v) is 11.0. The molecule has 0 saturated carbocycles. The van der Waals surface area contributed by atoms with E-state index in [0.717, 1.165) is 5.56 Å². The second-order valence-electron chi connectivity index (χ2n) is 4.11. The summed E-state index contributed by atoms with van der Waals surface area (Å²) < 4.78 is 5.35. The summed E-state index contributed by atoms with van der Waals surface area (Å²) in [5.74, 6) is -0.277. The molecule has 1 aromatic carbocycles. The van der Waals surface area contributed by atoms with Crippen molar-refractivity contribution in [3.8, 4) is 5.75 Å². The van der Waals surface area contributed by atoms with Gasteiger partial charge < -0.3 is 20.5 Å². The summed E-state index contributed by atoms with van der Waals surface area (Å²) in [5, 5.41) is 13.3. The van der Waals surface area contributed by atoms with Crippen LogP contribution >= 0.6 is 0 Å². The van der Waals surface area contributed by atoms with Gasteiger partial charge in [-0.25, -0.2) is 4.79 Å². The molecule has 0 spiro atoms. The van der Waals surface area contributed by atoms with Crippen molar-refractivity contribution >= 4 is 12.0 Å². The van der Waals surface area contributed by atoms with E-state index in [0.29, 0.717) is 5.75 Å². The van der Waals surface area contributed by atoms with Crippen molar-refractivity contribution in [3.05, 3.63) is 29.3 Å². The van der Waals surface area contributed by atoms with Crippen molar-refractivity contribution in [2.45, 2.75) is 20.3 Å². The smallest absolute Gasteiger partial charge is 0.317 e. The van der Waals surface area contributed by atoms with E-state index in [-0.39, 0.29) is 19.7 Å². The molecule has 2 amide bonds. The average Bonchev–Trinajstić information content (AvgIpc) is 2.33. The summed E-state index contributed by atoms with van der Waals surface area (Å²) in [6.45, 7) is 4.10. The van der Waals surface area contributed by atoms with E-state index in [4.69, 9.17) is 9.84 Å². The number of urea groups is 1. The van der Waals surface area contributed by atoms with Crippen molar-refractivity contribution in [2.75, 3.05) is 13.3 Å². The minimum Gasteiger partial charge on any atom is -0.481 e. The van der Waals surface area contributed by atoms with E-state index in [1.807, 2.05) is 32.0 Å². The fraction of sp³-hybridized carbons (Fsp3) is 0.385. The number of hydrogen-bond acceptors (Lipinski definition) is 3. The minimum atomic E-state index is -0.952. The summed E-state index contributed by atoms with van der Waals surface area (Å²) in [7, 11) is 0. The van der Waals surface area contributed by atoms with Gasteiger partial charge in [-0.05, 0) is 37.1 Å². The number of rotatable bonds is 6. The third-order valence-electron chi connectivity index (χ3n) is 2.57. The van der Waals surface area contributed by atoms with E-state index in [9.17, 15) is 9.59 Å². The molecule has 3 N–H and O–H groups in total. The van der Waals surface area contributed by atoms with Gasteiger partial charge in [-0.15, -0.1) is 0 Å². The number of hydrogen-bond donors (Lipinski definition) is 3. The van der Waals surface area contributed by atoms with Gasteiger partial charge in [0.05, 0.1) is 6.42 Å². The molecule has 6 nitrogen and oxygen atoms in total. The lowest BCUT2D eigenvalue weighted by atomic mass is 10.1. The van der Waals surface area contributed by atoms with Crippen LogP contribution in [-0.4, -0.2) is 30.4 Å². The van der Waals surface area contributed by atoms with Gasteiger partial charge >= 0.3 is 12.0 Å².